The van der Waals surface area contributed by atoms with Gasteiger partial charge in [0.1, 0.15) is 17.7 Å². The Morgan fingerprint density at radius 1 is 1.50 bits per heavy atom. The summed E-state index contributed by atoms with van der Waals surface area (Å²) in [7, 11) is 0. The minimum Gasteiger partial charge on any atom is -0.352 e. The molecule has 0 aromatic rings. The Morgan fingerprint density at radius 2 is 2.38 bits per heavy atom. The van der Waals surface area contributed by atoms with E-state index in [1.165, 1.54) is 24.4 Å². The number of carbonyl (C=O) groups excluding carboxylic acids is 1. The third-order valence-electron chi connectivity index (χ3n) is 1.91. The van der Waals surface area contributed by atoms with Crippen LogP contribution >= 0.6 is 11.8 Å². The number of carbonyl (C=O) groups is 1. The molecule has 84 valence electrons. The van der Waals surface area contributed by atoms with Crippen LogP contribution in [0.3, 0.4) is 0 Å². The molecule has 0 saturated carbocycles. The number of hydrogen-bond donors (Lipinski definition) is 2. The number of amides is 2. The average molecular weight is 238 g/mol. The predicted molar refractivity (Wildman–Crippen MR) is 65.7 cm³/mol. The molecule has 16 heavy (non-hydrogen) atoms. The van der Waals surface area contributed by atoms with E-state index < -0.39 is 6.03 Å². The van der Waals surface area contributed by atoms with Crippen LogP contribution in [0.5, 0.6) is 0 Å². The number of thioether (sulfide) groups is 1. The second-order valence-electron chi connectivity index (χ2n) is 3.01. The Hall–Kier alpha value is -1.70. The van der Waals surface area contributed by atoms with E-state index in [-0.39, 0.29) is 6.04 Å². The summed E-state index contributed by atoms with van der Waals surface area (Å²) in [6.07, 6.45) is 2.95. The molecule has 2 aliphatic rings. The Morgan fingerprint density at radius 3 is 3.19 bits per heavy atom. The zero-order chi connectivity index (χ0) is 11.4. The van der Waals surface area contributed by atoms with Crippen LogP contribution in [0.2, 0.25) is 0 Å². The van der Waals surface area contributed by atoms with Crippen molar-refractivity contribution in [1.29, 1.82) is 0 Å². The van der Waals surface area contributed by atoms with Gasteiger partial charge in [0, 0.05) is 12.3 Å². The molecule has 2 heterocycles. The molecule has 2 amide bonds. The van der Waals surface area contributed by atoms with Crippen LogP contribution in [-0.4, -0.2) is 47.9 Å². The molecule has 1 unspecified atom stereocenters. The van der Waals surface area contributed by atoms with Crippen molar-refractivity contribution in [1.82, 2.24) is 5.32 Å². The summed E-state index contributed by atoms with van der Waals surface area (Å²) in [6.45, 7) is 0.499. The van der Waals surface area contributed by atoms with Gasteiger partial charge in [0.25, 0.3) is 0 Å². The molecule has 0 aliphatic carbocycles. The van der Waals surface area contributed by atoms with Crippen LogP contribution in [0.1, 0.15) is 0 Å². The van der Waals surface area contributed by atoms with Gasteiger partial charge < -0.3 is 11.1 Å². The van der Waals surface area contributed by atoms with Gasteiger partial charge in [-0.3, -0.25) is 4.99 Å². The number of nitrogens with one attached hydrogen (secondary N) is 1. The molecule has 0 fully saturated rings. The number of hydrogen-bond acceptors (Lipinski definition) is 6. The molecule has 1 atom stereocenters. The molecule has 7 nitrogen and oxygen atoms in total. The lowest BCUT2D eigenvalue weighted by molar-refractivity contribution is 0.249. The Kier molecular flexibility index (Phi) is 3.30. The predicted octanol–water partition coefficient (Wildman–Crippen LogP) is -0.363. The quantitative estimate of drug-likeness (QED) is 0.655. The molecular weight excluding hydrogens is 228 g/mol. The van der Waals surface area contributed by atoms with Crippen LogP contribution in [0.25, 0.3) is 0 Å². The molecule has 0 saturated heterocycles. The SMILES string of the molecule is NC(=O)NCCSC1=NC=NC2=NC=NC21. The summed E-state index contributed by atoms with van der Waals surface area (Å²) >= 11 is 1.51. The van der Waals surface area contributed by atoms with E-state index in [2.05, 4.69) is 25.3 Å². The smallest absolute Gasteiger partial charge is 0.312 e. The van der Waals surface area contributed by atoms with Gasteiger partial charge in [-0.1, -0.05) is 0 Å². The average Bonchev–Trinajstić information content (AvgIpc) is 2.72. The molecule has 0 spiro atoms. The zero-order valence-corrected chi connectivity index (χ0v) is 9.15. The highest BCUT2D eigenvalue weighted by molar-refractivity contribution is 8.14. The van der Waals surface area contributed by atoms with Gasteiger partial charge in [0.05, 0.1) is 0 Å². The van der Waals surface area contributed by atoms with Crippen molar-refractivity contribution in [3.63, 3.8) is 0 Å². The highest BCUT2D eigenvalue weighted by atomic mass is 32.2. The number of nitrogens with zero attached hydrogens (tertiary/aromatic N) is 4. The summed E-state index contributed by atoms with van der Waals surface area (Å²) in [5.74, 6) is 1.36. The number of urea groups is 1. The lowest BCUT2D eigenvalue weighted by Crippen LogP contribution is -2.32. The van der Waals surface area contributed by atoms with Crippen molar-refractivity contribution in [2.45, 2.75) is 6.04 Å². The topological polar surface area (TPSA) is 105 Å². The van der Waals surface area contributed by atoms with Crippen LogP contribution in [0, 0.1) is 0 Å². The van der Waals surface area contributed by atoms with Gasteiger partial charge >= 0.3 is 6.03 Å². The standard InChI is InChI=1S/C8H10N6OS/c9-8(15)10-1-2-16-7-5-6(12-3-11-5)13-4-14-7/h3-5H,1-2H2,(H3,9,10,15). The first-order valence-electron chi connectivity index (χ1n) is 4.63. The van der Waals surface area contributed by atoms with Gasteiger partial charge in [-0.05, 0) is 0 Å². The third-order valence-corrected chi connectivity index (χ3v) is 2.94. The van der Waals surface area contributed by atoms with Crippen LogP contribution in [-0.2, 0) is 0 Å². The van der Waals surface area contributed by atoms with Crippen molar-refractivity contribution in [2.24, 2.45) is 25.7 Å². The monoisotopic (exact) mass is 238 g/mol. The molecule has 8 heteroatoms. The van der Waals surface area contributed by atoms with E-state index in [0.29, 0.717) is 18.1 Å². The highest BCUT2D eigenvalue weighted by Gasteiger charge is 2.26. The van der Waals surface area contributed by atoms with Crippen LogP contribution in [0.15, 0.2) is 20.0 Å². The maximum Gasteiger partial charge on any atom is 0.312 e. The molecule has 2 aliphatic heterocycles. The molecule has 3 N–H and O–H groups in total. The van der Waals surface area contributed by atoms with Crippen molar-refractivity contribution in [3.8, 4) is 0 Å². The fourth-order valence-corrected chi connectivity index (χ4v) is 2.10. The van der Waals surface area contributed by atoms with E-state index in [9.17, 15) is 4.79 Å². The lowest BCUT2D eigenvalue weighted by Gasteiger charge is -2.13. The largest absolute Gasteiger partial charge is 0.352 e. The summed E-state index contributed by atoms with van der Waals surface area (Å²) in [5, 5.41) is 3.35. The minimum atomic E-state index is -0.520. The van der Waals surface area contributed by atoms with Gasteiger partial charge in [0.15, 0.2) is 11.9 Å². The van der Waals surface area contributed by atoms with Crippen LogP contribution in [0.4, 0.5) is 4.79 Å². The maximum atomic E-state index is 10.4. The molecular formula is C8H10N6OS. The number of fused-ring (bicyclic) bond motifs is 1. The molecule has 0 radical (unpaired) electrons. The fourth-order valence-electron chi connectivity index (χ4n) is 1.24. The number of rotatable bonds is 3. The highest BCUT2D eigenvalue weighted by Crippen LogP contribution is 2.17. The number of aliphatic imine (C=N–C) groups is 4. The third kappa shape index (κ3) is 2.45. The van der Waals surface area contributed by atoms with E-state index in [4.69, 9.17) is 5.73 Å². The number of amidine groups is 1. The normalized spacial score (nSPS) is 21.4. The van der Waals surface area contributed by atoms with Crippen molar-refractivity contribution in [3.05, 3.63) is 0 Å². The number of primary amides is 1. The summed E-state index contributed by atoms with van der Waals surface area (Å²) < 4.78 is 0. The molecule has 2 rings (SSSR count). The molecule has 0 aromatic heterocycles. The number of nitrogens with two attached hydrogens (primary N) is 1. The molecule has 0 aromatic carbocycles. The minimum absolute atomic E-state index is 0.163. The Bertz CT molecular complexity index is 413. The summed E-state index contributed by atoms with van der Waals surface area (Å²) in [5.41, 5.74) is 4.94. The second kappa shape index (κ2) is 4.88. The van der Waals surface area contributed by atoms with Gasteiger partial charge in [0.2, 0.25) is 0 Å². The van der Waals surface area contributed by atoms with Gasteiger partial charge in [-0.25, -0.2) is 19.8 Å². The van der Waals surface area contributed by atoms with Crippen LogP contribution < -0.4 is 11.1 Å². The first-order valence-corrected chi connectivity index (χ1v) is 5.61. The van der Waals surface area contributed by atoms with Crippen molar-refractivity contribution < 1.29 is 4.79 Å². The van der Waals surface area contributed by atoms with Crippen molar-refractivity contribution >= 4 is 41.3 Å². The second-order valence-corrected chi connectivity index (χ2v) is 4.12. The van der Waals surface area contributed by atoms with E-state index in [1.54, 1.807) is 0 Å². The summed E-state index contributed by atoms with van der Waals surface area (Å²) in [6, 6.07) is -0.683. The van der Waals surface area contributed by atoms with Gasteiger partial charge in [-0.15, -0.1) is 11.8 Å². The summed E-state index contributed by atoms with van der Waals surface area (Å²) in [4.78, 5) is 26.7. The first kappa shape index (κ1) is 10.8. The fraction of sp³-hybridized carbons (Fsp3) is 0.375. The van der Waals surface area contributed by atoms with E-state index in [1.807, 2.05) is 0 Å². The Balaban J connectivity index is 1.83. The molecule has 0 bridgehead atoms. The Labute approximate surface area is 96.0 Å². The lowest BCUT2D eigenvalue weighted by atomic mass is 10.3. The van der Waals surface area contributed by atoms with Crippen molar-refractivity contribution in [2.75, 3.05) is 12.3 Å². The van der Waals surface area contributed by atoms with E-state index >= 15 is 0 Å². The first-order chi connectivity index (χ1) is 7.77. The van der Waals surface area contributed by atoms with E-state index in [0.717, 1.165) is 5.04 Å². The maximum absolute atomic E-state index is 10.4. The zero-order valence-electron chi connectivity index (χ0n) is 8.33. The van der Waals surface area contributed by atoms with Gasteiger partial charge in [-0.2, -0.15) is 0 Å².